The predicted octanol–water partition coefficient (Wildman–Crippen LogP) is 1.35. The van der Waals surface area contributed by atoms with Crippen molar-refractivity contribution in [3.8, 4) is 0 Å². The van der Waals surface area contributed by atoms with Crippen LogP contribution in [0.4, 0.5) is 0 Å². The highest BCUT2D eigenvalue weighted by atomic mass is 16.6. The van der Waals surface area contributed by atoms with Gasteiger partial charge in [-0.15, -0.1) is 0 Å². The van der Waals surface area contributed by atoms with Gasteiger partial charge in [0.25, 0.3) is 5.60 Å². The molecule has 2 atom stereocenters. The van der Waals surface area contributed by atoms with Crippen LogP contribution in [0, 0.1) is 10.1 Å². The van der Waals surface area contributed by atoms with Gasteiger partial charge in [-0.1, -0.05) is 30.3 Å². The van der Waals surface area contributed by atoms with E-state index in [0.717, 1.165) is 7.11 Å². The summed E-state index contributed by atoms with van der Waals surface area (Å²) in [6.07, 6.45) is 2.71. The zero-order chi connectivity index (χ0) is 15.5. The topological polar surface area (TPSA) is 118 Å². The van der Waals surface area contributed by atoms with E-state index in [4.69, 9.17) is 4.74 Å². The van der Waals surface area contributed by atoms with E-state index < -0.39 is 22.5 Å². The lowest BCUT2D eigenvalue weighted by Crippen LogP contribution is -2.47. The van der Waals surface area contributed by atoms with Gasteiger partial charge in [0, 0.05) is 30.0 Å². The van der Waals surface area contributed by atoms with Crippen molar-refractivity contribution in [3.05, 3.63) is 64.2 Å². The minimum atomic E-state index is -2.18. The largest absolute Gasteiger partial charge is 0.479 e. The molecule has 0 bridgehead atoms. The van der Waals surface area contributed by atoms with Gasteiger partial charge in [-0.2, -0.15) is 0 Å². The number of methoxy groups -OCH3 is 1. The van der Waals surface area contributed by atoms with E-state index in [1.165, 1.54) is 24.5 Å². The van der Waals surface area contributed by atoms with E-state index >= 15 is 0 Å². The molecule has 2 aromatic rings. The number of carboxylic acids is 1. The van der Waals surface area contributed by atoms with Crippen molar-refractivity contribution in [1.82, 2.24) is 9.97 Å². The highest BCUT2D eigenvalue weighted by Gasteiger charge is 2.58. The number of nitrogens with zero attached hydrogens (tertiary/aromatic N) is 2. The number of hydrogen-bond acceptors (Lipinski definition) is 5. The number of aromatic amines is 1. The number of nitro groups is 1. The fourth-order valence-corrected chi connectivity index (χ4v) is 2.27. The average molecular weight is 291 g/mol. The van der Waals surface area contributed by atoms with Crippen molar-refractivity contribution in [2.24, 2.45) is 0 Å². The van der Waals surface area contributed by atoms with Crippen molar-refractivity contribution < 1.29 is 19.6 Å². The van der Waals surface area contributed by atoms with Gasteiger partial charge in [0.15, 0.2) is 5.82 Å². The zero-order valence-electron chi connectivity index (χ0n) is 11.1. The Bertz CT molecular complexity index is 629. The predicted molar refractivity (Wildman–Crippen MR) is 71.1 cm³/mol. The van der Waals surface area contributed by atoms with Crippen molar-refractivity contribution in [2.75, 3.05) is 7.11 Å². The van der Waals surface area contributed by atoms with Gasteiger partial charge in [0.2, 0.25) is 0 Å². The molecule has 8 nitrogen and oxygen atoms in total. The van der Waals surface area contributed by atoms with E-state index in [9.17, 15) is 20.0 Å². The molecule has 0 aliphatic carbocycles. The fraction of sp³-hybridized carbons (Fsp3) is 0.231. The summed E-state index contributed by atoms with van der Waals surface area (Å²) < 4.78 is 5.13. The number of hydrogen-bond donors (Lipinski definition) is 2. The maximum atomic E-state index is 11.8. The monoisotopic (exact) mass is 291 g/mol. The van der Waals surface area contributed by atoms with Gasteiger partial charge in [0.05, 0.1) is 0 Å². The highest BCUT2D eigenvalue weighted by molar-refractivity contribution is 5.80. The van der Waals surface area contributed by atoms with Gasteiger partial charge in [0.1, 0.15) is 0 Å². The Labute approximate surface area is 119 Å². The van der Waals surface area contributed by atoms with Crippen molar-refractivity contribution in [2.45, 2.75) is 11.6 Å². The third-order valence-electron chi connectivity index (χ3n) is 3.22. The molecule has 0 aliphatic heterocycles. The first-order valence-corrected chi connectivity index (χ1v) is 6.01. The van der Waals surface area contributed by atoms with Crippen LogP contribution in [-0.4, -0.2) is 33.1 Å². The first-order valence-electron chi connectivity index (χ1n) is 6.01. The first-order chi connectivity index (χ1) is 10.0. The van der Waals surface area contributed by atoms with Crippen LogP contribution in [0.1, 0.15) is 17.4 Å². The SMILES string of the molecule is COC(C(=O)O)(c1ccccc1)C(c1ncc[nH]1)[N+](=O)[O-]. The van der Waals surface area contributed by atoms with Crippen LogP contribution in [0.5, 0.6) is 0 Å². The highest BCUT2D eigenvalue weighted by Crippen LogP contribution is 2.39. The second-order valence-electron chi connectivity index (χ2n) is 4.27. The number of imidazole rings is 1. The second kappa shape index (κ2) is 5.71. The lowest BCUT2D eigenvalue weighted by atomic mass is 9.85. The molecule has 1 aromatic carbocycles. The van der Waals surface area contributed by atoms with Gasteiger partial charge in [-0.25, -0.2) is 9.78 Å². The summed E-state index contributed by atoms with van der Waals surface area (Å²) in [7, 11) is 1.13. The van der Waals surface area contributed by atoms with E-state index in [1.54, 1.807) is 18.2 Å². The molecule has 21 heavy (non-hydrogen) atoms. The van der Waals surface area contributed by atoms with Gasteiger partial charge >= 0.3 is 12.0 Å². The number of carbonyl (C=O) groups is 1. The maximum Gasteiger partial charge on any atom is 0.348 e. The van der Waals surface area contributed by atoms with E-state index in [-0.39, 0.29) is 11.4 Å². The number of carboxylic acid groups (broad SMARTS) is 1. The molecule has 0 saturated heterocycles. The fourth-order valence-electron chi connectivity index (χ4n) is 2.27. The van der Waals surface area contributed by atoms with E-state index in [1.807, 2.05) is 0 Å². The smallest absolute Gasteiger partial charge is 0.348 e. The standard InChI is InChI=1S/C13H13N3O5/c1-21-13(12(17)18,9-5-3-2-4-6-9)10(16(19)20)11-14-7-8-15-11/h2-8,10H,1H3,(H,14,15)(H,17,18). The molecule has 0 fully saturated rings. The Morgan fingerprint density at radius 3 is 2.57 bits per heavy atom. The third-order valence-corrected chi connectivity index (χ3v) is 3.22. The van der Waals surface area contributed by atoms with E-state index in [2.05, 4.69) is 9.97 Å². The number of H-pyrrole nitrogens is 1. The molecule has 0 spiro atoms. The van der Waals surface area contributed by atoms with Crippen molar-refractivity contribution in [3.63, 3.8) is 0 Å². The molecule has 0 aliphatic rings. The number of aliphatic carboxylic acids is 1. The lowest BCUT2D eigenvalue weighted by Gasteiger charge is -2.29. The summed E-state index contributed by atoms with van der Waals surface area (Å²) in [6.45, 7) is 0. The molecule has 2 rings (SSSR count). The Kier molecular flexibility index (Phi) is 3.99. The Hall–Kier alpha value is -2.74. The minimum Gasteiger partial charge on any atom is -0.479 e. The van der Waals surface area contributed by atoms with Crippen LogP contribution < -0.4 is 0 Å². The molecular formula is C13H13N3O5. The van der Waals surface area contributed by atoms with Crippen LogP contribution in [-0.2, 0) is 15.1 Å². The van der Waals surface area contributed by atoms with Crippen molar-refractivity contribution >= 4 is 5.97 Å². The van der Waals surface area contributed by atoms with Crippen molar-refractivity contribution in [1.29, 1.82) is 0 Å². The molecule has 110 valence electrons. The summed E-state index contributed by atoms with van der Waals surface area (Å²) in [5, 5.41) is 21.1. The van der Waals surface area contributed by atoms with Crippen LogP contribution in [0.3, 0.4) is 0 Å². The molecule has 0 saturated carbocycles. The number of benzene rings is 1. The number of nitrogens with one attached hydrogen (secondary N) is 1. The average Bonchev–Trinajstić information content (AvgIpc) is 2.98. The van der Waals surface area contributed by atoms with Gasteiger partial charge < -0.3 is 14.8 Å². The maximum absolute atomic E-state index is 11.8. The molecule has 1 aromatic heterocycles. The van der Waals surface area contributed by atoms with Crippen LogP contribution in [0.2, 0.25) is 0 Å². The minimum absolute atomic E-state index is 0.0897. The number of aromatic nitrogens is 2. The Morgan fingerprint density at radius 2 is 2.14 bits per heavy atom. The molecule has 0 radical (unpaired) electrons. The normalized spacial score (nSPS) is 15.1. The second-order valence-corrected chi connectivity index (χ2v) is 4.27. The Morgan fingerprint density at radius 1 is 1.48 bits per heavy atom. The summed E-state index contributed by atoms with van der Waals surface area (Å²) >= 11 is 0. The van der Waals surface area contributed by atoms with Crippen LogP contribution >= 0.6 is 0 Å². The summed E-state index contributed by atoms with van der Waals surface area (Å²) in [5.74, 6) is -1.55. The molecule has 0 amide bonds. The van der Waals surface area contributed by atoms with Gasteiger partial charge in [-0.05, 0) is 0 Å². The molecular weight excluding hydrogens is 278 g/mol. The molecule has 2 N–H and O–H groups in total. The first kappa shape index (κ1) is 14.7. The van der Waals surface area contributed by atoms with Crippen LogP contribution in [0.25, 0.3) is 0 Å². The zero-order valence-corrected chi connectivity index (χ0v) is 11.1. The molecule has 1 heterocycles. The third kappa shape index (κ3) is 2.36. The van der Waals surface area contributed by atoms with Gasteiger partial charge in [-0.3, -0.25) is 10.1 Å². The van der Waals surface area contributed by atoms with Crippen LogP contribution in [0.15, 0.2) is 42.7 Å². The molecule has 2 unspecified atom stereocenters. The number of ether oxygens (including phenoxy) is 1. The summed E-state index contributed by atoms with van der Waals surface area (Å²) in [5.41, 5.74) is -2.01. The summed E-state index contributed by atoms with van der Waals surface area (Å²) in [4.78, 5) is 29.0. The molecule has 8 heteroatoms. The quantitative estimate of drug-likeness (QED) is 0.612. The summed E-state index contributed by atoms with van der Waals surface area (Å²) in [6, 6.07) is 6.09. The van der Waals surface area contributed by atoms with E-state index in [0.29, 0.717) is 0 Å². The number of rotatable bonds is 6. The Balaban J connectivity index is 2.69. The lowest BCUT2D eigenvalue weighted by molar-refractivity contribution is -0.553.